The maximum atomic E-state index is 6.16. The number of para-hydroxylation sites is 1. The number of nitrogens with zero attached hydrogens (tertiary/aromatic N) is 3. The van der Waals surface area contributed by atoms with Gasteiger partial charge in [-0.05, 0) is 87.3 Å². The molecule has 198 valence electrons. The molecule has 0 bridgehead atoms. The molecule has 4 aromatic heterocycles. The van der Waals surface area contributed by atoms with Gasteiger partial charge in [0.25, 0.3) is 0 Å². The van der Waals surface area contributed by atoms with E-state index in [1.807, 2.05) is 12.1 Å². The highest BCUT2D eigenvalue weighted by atomic mass is 16.3. The molecule has 0 spiro atoms. The topological polar surface area (TPSA) is 34.9 Å². The van der Waals surface area contributed by atoms with Gasteiger partial charge >= 0.3 is 0 Å². The maximum absolute atomic E-state index is 6.16. The van der Waals surface area contributed by atoms with Crippen LogP contribution in [-0.2, 0) is 0 Å². The van der Waals surface area contributed by atoms with Crippen molar-refractivity contribution in [2.24, 2.45) is 0 Å². The van der Waals surface area contributed by atoms with Gasteiger partial charge in [0.15, 0.2) is 0 Å². The molecule has 0 aliphatic heterocycles. The van der Waals surface area contributed by atoms with E-state index in [0.717, 1.165) is 44.3 Å². The Morgan fingerprint density at radius 1 is 0.442 bits per heavy atom. The minimum absolute atomic E-state index is 0.911. The van der Waals surface area contributed by atoms with Crippen molar-refractivity contribution in [3.05, 3.63) is 127 Å². The second-order valence-corrected chi connectivity index (χ2v) is 11.7. The van der Waals surface area contributed by atoms with Crippen molar-refractivity contribution >= 4 is 87.6 Å². The molecular weight excluding hydrogens is 526 g/mol. The Labute approximate surface area is 243 Å². The average Bonchev–Trinajstić information content (AvgIpc) is 3.77. The lowest BCUT2D eigenvalue weighted by Gasteiger charge is -2.06. The number of benzene rings is 7. The highest BCUT2D eigenvalue weighted by Crippen LogP contribution is 2.42. The Kier molecular flexibility index (Phi) is 3.80. The molecule has 0 aliphatic rings. The third-order valence-electron chi connectivity index (χ3n) is 9.36. The molecule has 0 atom stereocenters. The molecule has 4 heteroatoms. The van der Waals surface area contributed by atoms with E-state index in [4.69, 9.17) is 9.40 Å². The predicted molar refractivity (Wildman–Crippen MR) is 178 cm³/mol. The molecule has 0 radical (unpaired) electrons. The number of fused-ring (bicyclic) bond motifs is 13. The van der Waals surface area contributed by atoms with Gasteiger partial charge in [0.2, 0.25) is 5.78 Å². The van der Waals surface area contributed by atoms with E-state index in [9.17, 15) is 0 Å². The van der Waals surface area contributed by atoms with Crippen molar-refractivity contribution < 1.29 is 4.42 Å². The summed E-state index contributed by atoms with van der Waals surface area (Å²) < 4.78 is 10.9. The van der Waals surface area contributed by atoms with E-state index in [0.29, 0.717) is 0 Å². The summed E-state index contributed by atoms with van der Waals surface area (Å²) in [6, 6.07) is 45.9. The molecule has 11 rings (SSSR count). The van der Waals surface area contributed by atoms with Gasteiger partial charge in [-0.1, -0.05) is 72.8 Å². The highest BCUT2D eigenvalue weighted by Gasteiger charge is 2.23. The number of hydrogen-bond donors (Lipinski definition) is 0. The van der Waals surface area contributed by atoms with Crippen LogP contribution >= 0.6 is 0 Å². The van der Waals surface area contributed by atoms with Crippen LogP contribution in [0.5, 0.6) is 0 Å². The predicted octanol–water partition coefficient (Wildman–Crippen LogP) is 10.4. The largest absolute Gasteiger partial charge is 0.456 e. The second kappa shape index (κ2) is 7.50. The van der Waals surface area contributed by atoms with E-state index in [1.165, 1.54) is 54.5 Å². The van der Waals surface area contributed by atoms with Crippen molar-refractivity contribution in [1.82, 2.24) is 13.8 Å². The monoisotopic (exact) mass is 547 g/mol. The molecule has 0 N–H and O–H groups in total. The third-order valence-corrected chi connectivity index (χ3v) is 9.36. The van der Waals surface area contributed by atoms with Gasteiger partial charge in [-0.2, -0.15) is 0 Å². The highest BCUT2D eigenvalue weighted by molar-refractivity contribution is 6.20. The fourth-order valence-corrected chi connectivity index (χ4v) is 7.40. The summed E-state index contributed by atoms with van der Waals surface area (Å²) in [5, 5.41) is 9.66. The minimum Gasteiger partial charge on any atom is -0.456 e. The smallest absolute Gasteiger partial charge is 0.220 e. The van der Waals surface area contributed by atoms with E-state index in [-0.39, 0.29) is 0 Å². The molecule has 0 amide bonds. The lowest BCUT2D eigenvalue weighted by Crippen LogP contribution is -1.85. The lowest BCUT2D eigenvalue weighted by molar-refractivity contribution is 0.669. The minimum atomic E-state index is 0.911. The number of hydrogen-bond acceptors (Lipinski definition) is 2. The molecule has 0 saturated carbocycles. The summed E-state index contributed by atoms with van der Waals surface area (Å²) in [7, 11) is 0. The first-order valence-corrected chi connectivity index (χ1v) is 14.6. The fourth-order valence-electron chi connectivity index (χ4n) is 7.40. The van der Waals surface area contributed by atoms with Gasteiger partial charge in [0.05, 0.1) is 27.6 Å². The van der Waals surface area contributed by atoms with Crippen molar-refractivity contribution in [3.63, 3.8) is 0 Å². The number of rotatable bonds is 1. The number of furan rings is 1. The fraction of sp³-hybridized carbons (Fsp3) is 0. The van der Waals surface area contributed by atoms with Crippen LogP contribution in [0.15, 0.2) is 132 Å². The molecule has 43 heavy (non-hydrogen) atoms. The summed E-state index contributed by atoms with van der Waals surface area (Å²) in [5.41, 5.74) is 9.86. The van der Waals surface area contributed by atoms with Gasteiger partial charge in [0.1, 0.15) is 11.2 Å². The molecule has 4 nitrogen and oxygen atoms in total. The van der Waals surface area contributed by atoms with Gasteiger partial charge < -0.3 is 4.42 Å². The van der Waals surface area contributed by atoms with Crippen LogP contribution < -0.4 is 0 Å². The van der Waals surface area contributed by atoms with Crippen LogP contribution in [0.1, 0.15) is 0 Å². The molecule has 4 heterocycles. The summed E-state index contributed by atoms with van der Waals surface area (Å²) in [5.74, 6) is 0.948. The van der Waals surface area contributed by atoms with E-state index in [2.05, 4.69) is 124 Å². The molecule has 0 aliphatic carbocycles. The second-order valence-electron chi connectivity index (χ2n) is 11.7. The molecule has 7 aromatic carbocycles. The quantitative estimate of drug-likeness (QED) is 0.205. The summed E-state index contributed by atoms with van der Waals surface area (Å²) in [6.45, 7) is 0. The van der Waals surface area contributed by atoms with Crippen LogP contribution in [0, 0.1) is 0 Å². The summed E-state index contributed by atoms with van der Waals surface area (Å²) >= 11 is 0. The van der Waals surface area contributed by atoms with Crippen molar-refractivity contribution in [1.29, 1.82) is 0 Å². The van der Waals surface area contributed by atoms with Crippen LogP contribution in [0.2, 0.25) is 0 Å². The zero-order valence-electron chi connectivity index (χ0n) is 22.9. The maximum Gasteiger partial charge on any atom is 0.220 e. The van der Waals surface area contributed by atoms with E-state index >= 15 is 0 Å². The Bertz CT molecular complexity index is 2960. The van der Waals surface area contributed by atoms with Gasteiger partial charge in [-0.15, -0.1) is 0 Å². The zero-order chi connectivity index (χ0) is 27.8. The Morgan fingerprint density at radius 3 is 1.95 bits per heavy atom. The average molecular weight is 548 g/mol. The van der Waals surface area contributed by atoms with Crippen molar-refractivity contribution in [2.75, 3.05) is 0 Å². The SMILES string of the molecule is c1ccc2cc3c(cc2c1)nc1n3c2cc(-c3ccc4oc5ccccc5c4c3)cc3c4cc5ccccc5cc4n1c32. The first-order valence-electron chi connectivity index (χ1n) is 14.6. The van der Waals surface area contributed by atoms with Gasteiger partial charge in [-0.3, -0.25) is 8.80 Å². The first kappa shape index (κ1) is 21.8. The Morgan fingerprint density at radius 2 is 1.12 bits per heavy atom. The van der Waals surface area contributed by atoms with Gasteiger partial charge in [-0.25, -0.2) is 4.98 Å². The lowest BCUT2D eigenvalue weighted by atomic mass is 9.99. The standard InChI is InChI=1S/C39H21N3O/c1-3-9-24-19-33-29(15-22(24)7-1)31-17-27(26-13-14-37-30(16-26)28-11-5-6-12-36(28)43-37)21-35-38(31)42(33)39-40-32-18-23-8-2-4-10-25(23)20-34(32)41(35)39/h1-21H. The van der Waals surface area contributed by atoms with E-state index in [1.54, 1.807) is 0 Å². The van der Waals surface area contributed by atoms with E-state index < -0.39 is 0 Å². The van der Waals surface area contributed by atoms with Crippen molar-refractivity contribution in [3.8, 4) is 11.1 Å². The molecular formula is C39H21N3O. The molecule has 11 aromatic rings. The zero-order valence-corrected chi connectivity index (χ0v) is 22.9. The number of aromatic nitrogens is 3. The van der Waals surface area contributed by atoms with Gasteiger partial charge in [0, 0.05) is 21.5 Å². The molecule has 0 saturated heterocycles. The first-order chi connectivity index (χ1) is 21.3. The van der Waals surface area contributed by atoms with Crippen LogP contribution in [-0.4, -0.2) is 13.8 Å². The Balaban J connectivity index is 1.33. The molecule has 0 fully saturated rings. The number of imidazole rings is 2. The van der Waals surface area contributed by atoms with Crippen LogP contribution in [0.25, 0.3) is 98.7 Å². The third kappa shape index (κ3) is 2.73. The Hall–Kier alpha value is -5.87. The van der Waals surface area contributed by atoms with Crippen LogP contribution in [0.3, 0.4) is 0 Å². The normalized spacial score (nSPS) is 12.7. The van der Waals surface area contributed by atoms with Crippen LogP contribution in [0.4, 0.5) is 0 Å². The van der Waals surface area contributed by atoms with Crippen molar-refractivity contribution in [2.45, 2.75) is 0 Å². The molecule has 0 unspecified atom stereocenters. The summed E-state index contributed by atoms with van der Waals surface area (Å²) in [4.78, 5) is 5.27. The summed E-state index contributed by atoms with van der Waals surface area (Å²) in [6.07, 6.45) is 0.